The van der Waals surface area contributed by atoms with E-state index >= 15 is 0 Å². The molecule has 1 aromatic rings. The van der Waals surface area contributed by atoms with Gasteiger partial charge in [-0.2, -0.15) is 0 Å². The van der Waals surface area contributed by atoms with E-state index < -0.39 is 6.04 Å². The number of halogens is 1. The predicted molar refractivity (Wildman–Crippen MR) is 109 cm³/mol. The molecule has 3 rings (SSSR count). The molecule has 0 N–H and O–H groups in total. The molecule has 2 heterocycles. The highest BCUT2D eigenvalue weighted by molar-refractivity contribution is 6.31. The van der Waals surface area contributed by atoms with Crippen molar-refractivity contribution in [2.45, 2.75) is 25.8 Å². The highest BCUT2D eigenvalue weighted by Gasteiger charge is 2.33. The first-order valence-corrected chi connectivity index (χ1v) is 10.4. The van der Waals surface area contributed by atoms with E-state index in [0.717, 1.165) is 38.2 Å². The lowest BCUT2D eigenvalue weighted by molar-refractivity contribution is -0.148. The monoisotopic (exact) mass is 407 g/mol. The summed E-state index contributed by atoms with van der Waals surface area (Å²) in [5.74, 6) is 0.501. The van der Waals surface area contributed by atoms with Gasteiger partial charge in [0, 0.05) is 44.3 Å². The summed E-state index contributed by atoms with van der Waals surface area (Å²) in [6.45, 7) is 7.27. The van der Waals surface area contributed by atoms with Crippen LogP contribution in [0.1, 0.15) is 31.4 Å². The maximum Gasteiger partial charge on any atom is 0.327 e. The van der Waals surface area contributed by atoms with Crippen molar-refractivity contribution in [2.24, 2.45) is 5.92 Å². The molecule has 2 aliphatic rings. The first-order valence-electron chi connectivity index (χ1n) is 10.1. The molecule has 1 amide bonds. The predicted octanol–water partition coefficient (Wildman–Crippen LogP) is 2.43. The third-order valence-corrected chi connectivity index (χ3v) is 6.11. The van der Waals surface area contributed by atoms with E-state index in [4.69, 9.17) is 16.3 Å². The lowest BCUT2D eigenvalue weighted by Crippen LogP contribution is -2.52. The molecule has 0 saturated carbocycles. The van der Waals surface area contributed by atoms with E-state index in [1.807, 2.05) is 23.1 Å². The lowest BCUT2D eigenvalue weighted by Gasteiger charge is -2.39. The summed E-state index contributed by atoms with van der Waals surface area (Å²) < 4.78 is 5.04. The molecule has 1 aromatic carbocycles. The molecule has 2 fully saturated rings. The standard InChI is InChI=1S/C21H30ClN3O3/c1-16-6-5-9-25(14-16)19(26)15-23-10-12-24(13-11-23)20(21(27)28-2)17-7-3-4-8-18(17)22/h3-4,7-8,16,20H,5-6,9-15H2,1-2H3. The van der Waals surface area contributed by atoms with Crippen LogP contribution in [0.2, 0.25) is 5.02 Å². The van der Waals surface area contributed by atoms with Gasteiger partial charge in [-0.1, -0.05) is 36.7 Å². The molecule has 0 bridgehead atoms. The second-order valence-electron chi connectivity index (χ2n) is 7.85. The molecule has 154 valence electrons. The molecule has 2 aliphatic heterocycles. The molecular formula is C21H30ClN3O3. The summed E-state index contributed by atoms with van der Waals surface area (Å²) in [7, 11) is 1.40. The summed E-state index contributed by atoms with van der Waals surface area (Å²) in [4.78, 5) is 31.4. The fourth-order valence-electron chi connectivity index (χ4n) is 4.17. The number of carbonyl (C=O) groups is 2. The zero-order chi connectivity index (χ0) is 20.1. The summed E-state index contributed by atoms with van der Waals surface area (Å²) in [5, 5.41) is 0.565. The maximum absolute atomic E-state index is 12.6. The van der Waals surface area contributed by atoms with Gasteiger partial charge in [0.15, 0.2) is 0 Å². The number of hydrogen-bond acceptors (Lipinski definition) is 5. The van der Waals surface area contributed by atoms with E-state index in [9.17, 15) is 9.59 Å². The van der Waals surface area contributed by atoms with Crippen molar-refractivity contribution < 1.29 is 14.3 Å². The largest absolute Gasteiger partial charge is 0.468 e. The molecule has 6 nitrogen and oxygen atoms in total. The van der Waals surface area contributed by atoms with Gasteiger partial charge in [0.1, 0.15) is 6.04 Å². The second-order valence-corrected chi connectivity index (χ2v) is 8.25. The Labute approximate surface area is 172 Å². The number of likely N-dealkylation sites (tertiary alicyclic amines) is 1. The van der Waals surface area contributed by atoms with Crippen LogP contribution in [0.15, 0.2) is 24.3 Å². The molecule has 0 aromatic heterocycles. The summed E-state index contributed by atoms with van der Waals surface area (Å²) in [6, 6.07) is 6.88. The zero-order valence-electron chi connectivity index (χ0n) is 16.8. The number of rotatable bonds is 5. The average molecular weight is 408 g/mol. The van der Waals surface area contributed by atoms with Crippen molar-refractivity contribution in [1.82, 2.24) is 14.7 Å². The molecule has 0 spiro atoms. The molecule has 0 aliphatic carbocycles. The minimum atomic E-state index is -0.514. The number of benzene rings is 1. The number of piperazine rings is 1. The summed E-state index contributed by atoms with van der Waals surface area (Å²) >= 11 is 6.34. The van der Waals surface area contributed by atoms with Crippen molar-refractivity contribution in [1.29, 1.82) is 0 Å². The van der Waals surface area contributed by atoms with Gasteiger partial charge < -0.3 is 9.64 Å². The molecule has 28 heavy (non-hydrogen) atoms. The first-order chi connectivity index (χ1) is 13.5. The lowest BCUT2D eigenvalue weighted by atomic mass is 10.0. The Morgan fingerprint density at radius 2 is 1.89 bits per heavy atom. The van der Waals surface area contributed by atoms with Crippen LogP contribution < -0.4 is 0 Å². The first kappa shape index (κ1) is 21.1. The smallest absolute Gasteiger partial charge is 0.327 e. The Balaban J connectivity index is 1.59. The molecule has 2 unspecified atom stereocenters. The van der Waals surface area contributed by atoms with Crippen molar-refractivity contribution in [2.75, 3.05) is 52.9 Å². The van der Waals surface area contributed by atoms with Crippen LogP contribution in [0, 0.1) is 5.92 Å². The van der Waals surface area contributed by atoms with Gasteiger partial charge in [-0.3, -0.25) is 14.6 Å². The summed E-state index contributed by atoms with van der Waals surface area (Å²) in [5.41, 5.74) is 0.767. The van der Waals surface area contributed by atoms with Crippen LogP contribution in [0.3, 0.4) is 0 Å². The molecule has 2 saturated heterocycles. The van der Waals surface area contributed by atoms with Crippen molar-refractivity contribution in [3.05, 3.63) is 34.9 Å². The maximum atomic E-state index is 12.6. The SMILES string of the molecule is COC(=O)C(c1ccccc1Cl)N1CCN(CC(=O)N2CCCC(C)C2)CC1. The Morgan fingerprint density at radius 1 is 1.18 bits per heavy atom. The van der Waals surface area contributed by atoms with Crippen molar-refractivity contribution in [3.8, 4) is 0 Å². The van der Waals surface area contributed by atoms with E-state index in [1.54, 1.807) is 6.07 Å². The van der Waals surface area contributed by atoms with Gasteiger partial charge in [-0.05, 0) is 30.4 Å². The van der Waals surface area contributed by atoms with Gasteiger partial charge in [0.05, 0.1) is 13.7 Å². The fourth-order valence-corrected chi connectivity index (χ4v) is 4.41. The number of piperidine rings is 1. The average Bonchev–Trinajstić information content (AvgIpc) is 2.70. The van der Waals surface area contributed by atoms with Crippen LogP contribution in [0.5, 0.6) is 0 Å². The minimum absolute atomic E-state index is 0.218. The van der Waals surface area contributed by atoms with Gasteiger partial charge in [0.25, 0.3) is 0 Å². The molecule has 2 atom stereocenters. The normalized spacial score (nSPS) is 22.7. The van der Waals surface area contributed by atoms with Crippen LogP contribution in [0.4, 0.5) is 0 Å². The third kappa shape index (κ3) is 5.04. The van der Waals surface area contributed by atoms with Gasteiger partial charge in [0.2, 0.25) is 5.91 Å². The Kier molecular flexibility index (Phi) is 7.32. The number of ether oxygens (including phenoxy) is 1. The molecule has 7 heteroatoms. The number of methoxy groups -OCH3 is 1. The number of nitrogens with zero attached hydrogens (tertiary/aromatic N) is 3. The number of carbonyl (C=O) groups excluding carboxylic acids is 2. The molecular weight excluding hydrogens is 378 g/mol. The zero-order valence-corrected chi connectivity index (χ0v) is 17.5. The third-order valence-electron chi connectivity index (χ3n) is 5.76. The Bertz CT molecular complexity index is 691. The Hall–Kier alpha value is -1.63. The van der Waals surface area contributed by atoms with Crippen molar-refractivity contribution in [3.63, 3.8) is 0 Å². The van der Waals surface area contributed by atoms with E-state index in [2.05, 4.69) is 16.7 Å². The van der Waals surface area contributed by atoms with Crippen LogP contribution in [0.25, 0.3) is 0 Å². The van der Waals surface area contributed by atoms with Gasteiger partial charge in [-0.25, -0.2) is 4.79 Å². The topological polar surface area (TPSA) is 53.1 Å². The van der Waals surface area contributed by atoms with Crippen LogP contribution in [-0.4, -0.2) is 79.5 Å². The van der Waals surface area contributed by atoms with E-state index in [-0.39, 0.29) is 11.9 Å². The highest BCUT2D eigenvalue weighted by atomic mass is 35.5. The van der Waals surface area contributed by atoms with Crippen molar-refractivity contribution >= 4 is 23.5 Å². The number of amides is 1. The quantitative estimate of drug-likeness (QED) is 0.702. The Morgan fingerprint density at radius 3 is 2.54 bits per heavy atom. The summed E-state index contributed by atoms with van der Waals surface area (Å²) in [6.07, 6.45) is 2.30. The van der Waals surface area contributed by atoms with Gasteiger partial charge >= 0.3 is 5.97 Å². The van der Waals surface area contributed by atoms with E-state index in [1.165, 1.54) is 13.5 Å². The molecule has 0 radical (unpaired) electrons. The minimum Gasteiger partial charge on any atom is -0.468 e. The van der Waals surface area contributed by atoms with Crippen LogP contribution in [-0.2, 0) is 14.3 Å². The van der Waals surface area contributed by atoms with Crippen LogP contribution >= 0.6 is 11.6 Å². The fraction of sp³-hybridized carbons (Fsp3) is 0.619. The second kappa shape index (κ2) is 9.72. The highest BCUT2D eigenvalue weighted by Crippen LogP contribution is 2.29. The number of esters is 1. The number of hydrogen-bond donors (Lipinski definition) is 0. The van der Waals surface area contributed by atoms with E-state index in [0.29, 0.717) is 30.6 Å². The van der Waals surface area contributed by atoms with Gasteiger partial charge in [-0.15, -0.1) is 0 Å².